The standard InChI is InChI=1S/2C25H36N3O2S2.4ClH/c1-22-9-16-27(17-10-22)14-3-6-24(29)7-5-20-31-32-21-13-26-25(30)8-4-15-28-18-11-23(2)12-19-28;1-22-10-3-5-16-27(22)18-7-12-24(29)13-9-20-31-32-21-15-26-25(30)14-8-19-28-17-6-4-11-23(28)2;;;;/h9-12,16-19H,3-8,13-15,20-21H2,1-2H3;3-6,10-11,16-17H,7-9,12-15,18-21H2,1-2H3;4*1H/q2*+1;;;;/p-2. The number of amides is 2. The molecule has 0 spiro atoms. The third-order valence-electron chi connectivity index (χ3n) is 10.3. The molecule has 0 aromatic carbocycles. The number of nitrogens with one attached hydrogen (secondary N) is 2. The van der Waals surface area contributed by atoms with Gasteiger partial charge in [-0.3, -0.25) is 19.2 Å². The minimum atomic E-state index is 0. The van der Waals surface area contributed by atoms with Crippen LogP contribution in [0.5, 0.6) is 0 Å². The Balaban J connectivity index is 0. The fourth-order valence-electron chi connectivity index (χ4n) is 6.51. The number of hydrogen-bond acceptors (Lipinski definition) is 8. The van der Waals surface area contributed by atoms with Crippen LogP contribution in [0.4, 0.5) is 0 Å². The highest BCUT2D eigenvalue weighted by molar-refractivity contribution is 8.77. The summed E-state index contributed by atoms with van der Waals surface area (Å²) < 4.78 is 8.62. The lowest BCUT2D eigenvalue weighted by Gasteiger charge is -2.05. The number of carbonyl (C=O) groups is 4. The van der Waals surface area contributed by atoms with Crippen molar-refractivity contribution in [2.45, 2.75) is 131 Å². The van der Waals surface area contributed by atoms with E-state index in [0.29, 0.717) is 63.2 Å². The van der Waals surface area contributed by atoms with Crippen LogP contribution in [0.25, 0.3) is 0 Å². The smallest absolute Gasteiger partial charge is 0.220 e. The number of aryl methyl sites for hydroxylation is 8. The normalized spacial score (nSPS) is 10.2. The summed E-state index contributed by atoms with van der Waals surface area (Å²) in [5, 5.41) is 5.98. The average molecular weight is 1090 g/mol. The van der Waals surface area contributed by atoms with Gasteiger partial charge in [-0.25, -0.2) is 18.3 Å². The molecule has 18 heteroatoms. The van der Waals surface area contributed by atoms with Gasteiger partial charge in [0, 0.05) is 163 Å². The number of carbonyl (C=O) groups excluding carboxylic acids is 4. The third kappa shape index (κ3) is 33.9. The second kappa shape index (κ2) is 43.2. The van der Waals surface area contributed by atoms with Crippen molar-refractivity contribution in [1.82, 2.24) is 10.6 Å². The Bertz CT molecular complexity index is 1820. The van der Waals surface area contributed by atoms with E-state index in [1.54, 1.807) is 43.2 Å². The van der Waals surface area contributed by atoms with Crippen molar-refractivity contribution in [3.05, 3.63) is 120 Å². The quantitative estimate of drug-likeness (QED) is 0.0290. The van der Waals surface area contributed by atoms with Crippen LogP contribution in [0.15, 0.2) is 97.8 Å². The Labute approximate surface area is 448 Å². The van der Waals surface area contributed by atoms with Crippen molar-refractivity contribution < 1.29 is 87.1 Å². The molecular formula is C50H74Cl4N6O4S4. The van der Waals surface area contributed by atoms with E-state index >= 15 is 0 Å². The van der Waals surface area contributed by atoms with Crippen LogP contribution in [0.2, 0.25) is 0 Å². The molecular weight excluding hydrogens is 1020 g/mol. The molecule has 0 aliphatic heterocycles. The van der Waals surface area contributed by atoms with Gasteiger partial charge < -0.3 is 60.3 Å². The molecule has 68 heavy (non-hydrogen) atoms. The van der Waals surface area contributed by atoms with Gasteiger partial charge in [-0.15, -0.1) is 0 Å². The largest absolute Gasteiger partial charge is 1.00 e. The van der Waals surface area contributed by atoms with Crippen LogP contribution in [-0.4, -0.2) is 59.5 Å². The molecule has 0 bridgehead atoms. The summed E-state index contributed by atoms with van der Waals surface area (Å²) in [4.78, 5) is 47.9. The van der Waals surface area contributed by atoms with Gasteiger partial charge in [-0.1, -0.05) is 55.3 Å². The molecule has 0 saturated heterocycles. The molecule has 0 unspecified atom stereocenters. The number of hydrogen-bond donors (Lipinski definition) is 2. The van der Waals surface area contributed by atoms with E-state index in [1.807, 2.05) is 24.3 Å². The van der Waals surface area contributed by atoms with Crippen LogP contribution in [-0.2, 0) is 45.4 Å². The lowest BCUT2D eigenvalue weighted by Crippen LogP contribution is -3.00. The van der Waals surface area contributed by atoms with Crippen LogP contribution in [0.1, 0.15) is 99.6 Å². The van der Waals surface area contributed by atoms with Crippen LogP contribution < -0.4 is 78.5 Å². The number of pyridine rings is 4. The molecule has 0 atom stereocenters. The van der Waals surface area contributed by atoms with Crippen molar-refractivity contribution in [2.24, 2.45) is 0 Å². The van der Waals surface area contributed by atoms with Gasteiger partial charge in [0.05, 0.1) is 0 Å². The summed E-state index contributed by atoms with van der Waals surface area (Å²) in [6.07, 6.45) is 21.5. The van der Waals surface area contributed by atoms with E-state index in [-0.39, 0.29) is 61.4 Å². The summed E-state index contributed by atoms with van der Waals surface area (Å²) >= 11 is 0. The van der Waals surface area contributed by atoms with E-state index in [2.05, 4.69) is 130 Å². The first-order valence-corrected chi connectivity index (χ1v) is 27.9. The molecule has 4 rings (SSSR count). The predicted octanol–water partition coefficient (Wildman–Crippen LogP) is -4.01. The molecule has 0 radical (unpaired) electrons. The van der Waals surface area contributed by atoms with E-state index in [0.717, 1.165) is 87.7 Å². The maximum Gasteiger partial charge on any atom is 0.220 e. The second-order valence-electron chi connectivity index (χ2n) is 16.0. The highest BCUT2D eigenvalue weighted by Crippen LogP contribution is 2.23. The van der Waals surface area contributed by atoms with Gasteiger partial charge in [-0.05, 0) is 37.8 Å². The van der Waals surface area contributed by atoms with Gasteiger partial charge >= 0.3 is 0 Å². The molecule has 4 aromatic rings. The summed E-state index contributed by atoms with van der Waals surface area (Å²) in [6.45, 7) is 13.2. The van der Waals surface area contributed by atoms with E-state index in [9.17, 15) is 19.2 Å². The Morgan fingerprint density at radius 1 is 0.412 bits per heavy atom. The SMILES string of the molecule is Cc1cc[n+](CCCC(=O)CCCSSCCNC(=O)CCC[n+]2ccc(C)cc2)cc1.Cc1cccc[n+]1CCCC(=O)CCCSSCCNC(=O)CCC[n+]1ccccc1C.[Cl-].[Cl-].[Cl-].[Cl-]. The van der Waals surface area contributed by atoms with Crippen molar-refractivity contribution in [2.75, 3.05) is 36.1 Å². The monoisotopic (exact) mass is 1090 g/mol. The molecule has 4 heterocycles. The lowest BCUT2D eigenvalue weighted by molar-refractivity contribution is -0.703. The second-order valence-corrected chi connectivity index (χ2v) is 21.4. The van der Waals surface area contributed by atoms with Gasteiger partial charge in [0.15, 0.2) is 48.6 Å². The third-order valence-corrected chi connectivity index (χ3v) is 15.3. The first kappa shape index (κ1) is 67.5. The first-order valence-electron chi connectivity index (χ1n) is 23.0. The van der Waals surface area contributed by atoms with Gasteiger partial charge in [0.2, 0.25) is 11.8 Å². The van der Waals surface area contributed by atoms with Crippen molar-refractivity contribution in [3.63, 3.8) is 0 Å². The van der Waals surface area contributed by atoms with Gasteiger partial charge in [0.1, 0.15) is 37.7 Å². The summed E-state index contributed by atoms with van der Waals surface area (Å²) in [5.74, 6) is 4.71. The molecule has 0 saturated carbocycles. The number of Topliss-reactive ketones (excluding diaryl/α,β-unsaturated/α-hetero) is 2. The fourth-order valence-corrected chi connectivity index (χ4v) is 10.5. The van der Waals surface area contributed by atoms with Crippen LogP contribution >= 0.6 is 43.2 Å². The Morgan fingerprint density at radius 3 is 1.15 bits per heavy atom. The molecule has 0 aliphatic carbocycles. The summed E-state index contributed by atoms with van der Waals surface area (Å²) in [5.41, 5.74) is 4.94. The minimum Gasteiger partial charge on any atom is -1.00 e. The maximum atomic E-state index is 12.0. The Kier molecular flexibility index (Phi) is 42.9. The topological polar surface area (TPSA) is 108 Å². The van der Waals surface area contributed by atoms with E-state index in [4.69, 9.17) is 0 Å². The highest BCUT2D eigenvalue weighted by atomic mass is 35.5. The van der Waals surface area contributed by atoms with E-state index < -0.39 is 0 Å². The fraction of sp³-hybridized carbons (Fsp3) is 0.520. The minimum absolute atomic E-state index is 0. The molecule has 2 N–H and O–H groups in total. The maximum absolute atomic E-state index is 12.0. The molecule has 380 valence electrons. The zero-order chi connectivity index (χ0) is 46.0. The number of ketones is 2. The summed E-state index contributed by atoms with van der Waals surface area (Å²) in [7, 11) is 7.12. The number of nitrogens with zero attached hydrogens (tertiary/aromatic N) is 4. The van der Waals surface area contributed by atoms with Crippen LogP contribution in [0, 0.1) is 27.7 Å². The highest BCUT2D eigenvalue weighted by Gasteiger charge is 2.10. The van der Waals surface area contributed by atoms with Gasteiger partial charge in [-0.2, -0.15) is 0 Å². The Morgan fingerprint density at radius 2 is 0.750 bits per heavy atom. The zero-order valence-electron chi connectivity index (χ0n) is 40.4. The molecule has 0 aliphatic rings. The average Bonchev–Trinajstić information content (AvgIpc) is 3.28. The zero-order valence-corrected chi connectivity index (χ0v) is 46.7. The van der Waals surface area contributed by atoms with Crippen molar-refractivity contribution >= 4 is 66.6 Å². The number of halogens is 4. The number of rotatable bonds is 32. The van der Waals surface area contributed by atoms with Crippen LogP contribution in [0.3, 0.4) is 0 Å². The summed E-state index contributed by atoms with van der Waals surface area (Å²) in [6, 6.07) is 20.6. The Hall–Kier alpha value is -2.56. The predicted molar refractivity (Wildman–Crippen MR) is 267 cm³/mol. The first-order chi connectivity index (χ1) is 31.1. The van der Waals surface area contributed by atoms with Crippen molar-refractivity contribution in [3.8, 4) is 0 Å². The lowest BCUT2D eigenvalue weighted by atomic mass is 10.1. The molecule has 2 amide bonds. The number of aromatic nitrogens is 4. The van der Waals surface area contributed by atoms with E-state index in [1.165, 1.54) is 22.5 Å². The molecule has 0 fully saturated rings. The molecule has 10 nitrogen and oxygen atoms in total. The van der Waals surface area contributed by atoms with Gasteiger partial charge in [0.25, 0.3) is 0 Å². The molecule has 4 aromatic heterocycles. The van der Waals surface area contributed by atoms with Crippen molar-refractivity contribution in [1.29, 1.82) is 0 Å².